The van der Waals surface area contributed by atoms with Gasteiger partial charge in [-0.1, -0.05) is 0 Å². The molecule has 3 N–H and O–H groups in total. The van der Waals surface area contributed by atoms with Gasteiger partial charge in [0.15, 0.2) is 5.96 Å². The lowest BCUT2D eigenvalue weighted by atomic mass is 10.1. The highest BCUT2D eigenvalue weighted by molar-refractivity contribution is 5.80. The fourth-order valence-electron chi connectivity index (χ4n) is 3.69. The largest absolute Gasteiger partial charge is 0.450 e. The Hall–Kier alpha value is -1.50. The number of hydrogen-bond donors (Lipinski definition) is 3. The molecule has 1 atom stereocenters. The molecule has 3 fully saturated rings. The Kier molecular flexibility index (Phi) is 7.00. The Bertz CT molecular complexity index is 482. The third-order valence-corrected chi connectivity index (χ3v) is 5.49. The van der Waals surface area contributed by atoms with Crippen LogP contribution < -0.4 is 16.0 Å². The molecule has 1 unspecified atom stereocenters. The number of nitrogens with one attached hydrogen (secondary N) is 3. The maximum absolute atomic E-state index is 11.7. The van der Waals surface area contributed by atoms with E-state index in [0.29, 0.717) is 25.1 Å². The number of aliphatic imine (C=N–C) groups is 1. The summed E-state index contributed by atoms with van der Waals surface area (Å²) in [6, 6.07) is 1.42. The lowest BCUT2D eigenvalue weighted by molar-refractivity contribution is 0.147. The minimum Gasteiger partial charge on any atom is -0.450 e. The molecule has 2 aliphatic carbocycles. The first-order valence-corrected chi connectivity index (χ1v) is 10.4. The Labute approximate surface area is 157 Å². The number of rotatable bonds is 8. The van der Waals surface area contributed by atoms with Crippen LogP contribution in [0.3, 0.4) is 0 Å². The van der Waals surface area contributed by atoms with Gasteiger partial charge in [0, 0.05) is 31.7 Å². The van der Waals surface area contributed by atoms with E-state index in [2.05, 4.69) is 27.8 Å². The zero-order chi connectivity index (χ0) is 18.4. The van der Waals surface area contributed by atoms with Crippen LogP contribution in [0.1, 0.15) is 52.4 Å². The predicted octanol–water partition coefficient (Wildman–Crippen LogP) is 1.69. The molecule has 7 nitrogen and oxygen atoms in total. The summed E-state index contributed by atoms with van der Waals surface area (Å²) in [6.45, 7) is 8.13. The highest BCUT2D eigenvalue weighted by Gasteiger charge is 2.33. The summed E-state index contributed by atoms with van der Waals surface area (Å²) in [7, 11) is 0. The molecule has 0 spiro atoms. The summed E-state index contributed by atoms with van der Waals surface area (Å²) in [4.78, 5) is 19.1. The molecule has 3 rings (SSSR count). The summed E-state index contributed by atoms with van der Waals surface area (Å²) in [5.74, 6) is 1.40. The molecule has 3 aliphatic rings. The molecule has 0 radical (unpaired) electrons. The molecule has 1 amide bonds. The van der Waals surface area contributed by atoms with Crippen LogP contribution in [0.5, 0.6) is 0 Å². The molecule has 26 heavy (non-hydrogen) atoms. The first-order valence-electron chi connectivity index (χ1n) is 10.4. The standard InChI is InChI=1S/C19H35N5O2/c1-3-20-18(22-15-9-11-24(12-10-15)16-7-8-16)21-13-17(14-5-6-14)23-19(25)26-4-2/h14-17H,3-13H2,1-2H3,(H,23,25)(H2,20,21,22). The molecular formula is C19H35N5O2. The van der Waals surface area contributed by atoms with Crippen LogP contribution in [0.2, 0.25) is 0 Å². The van der Waals surface area contributed by atoms with Crippen molar-refractivity contribution in [3.8, 4) is 0 Å². The number of piperidine rings is 1. The Morgan fingerprint density at radius 2 is 1.88 bits per heavy atom. The highest BCUT2D eigenvalue weighted by Crippen LogP contribution is 2.33. The van der Waals surface area contributed by atoms with Gasteiger partial charge in [0.2, 0.25) is 0 Å². The molecule has 0 aromatic heterocycles. The number of amides is 1. The minimum atomic E-state index is -0.329. The number of guanidine groups is 1. The van der Waals surface area contributed by atoms with Crippen LogP contribution in [0.15, 0.2) is 4.99 Å². The monoisotopic (exact) mass is 365 g/mol. The average molecular weight is 366 g/mol. The number of ether oxygens (including phenoxy) is 1. The fraction of sp³-hybridized carbons (Fsp3) is 0.895. The number of hydrogen-bond acceptors (Lipinski definition) is 4. The van der Waals surface area contributed by atoms with Crippen molar-refractivity contribution >= 4 is 12.1 Å². The van der Waals surface area contributed by atoms with E-state index in [9.17, 15) is 4.79 Å². The molecular weight excluding hydrogens is 330 g/mol. The van der Waals surface area contributed by atoms with Crippen LogP contribution in [0, 0.1) is 5.92 Å². The number of carbonyl (C=O) groups excluding carboxylic acids is 1. The van der Waals surface area contributed by atoms with E-state index in [1.807, 2.05) is 6.92 Å². The number of likely N-dealkylation sites (tertiary alicyclic amines) is 1. The van der Waals surface area contributed by atoms with Crippen LogP contribution in [0.25, 0.3) is 0 Å². The van der Waals surface area contributed by atoms with Crippen molar-refractivity contribution in [2.75, 3.05) is 32.8 Å². The lowest BCUT2D eigenvalue weighted by Gasteiger charge is -2.33. The second kappa shape index (κ2) is 9.44. The van der Waals surface area contributed by atoms with Gasteiger partial charge in [-0.2, -0.15) is 0 Å². The highest BCUT2D eigenvalue weighted by atomic mass is 16.5. The van der Waals surface area contributed by atoms with Crippen molar-refractivity contribution in [1.29, 1.82) is 0 Å². The van der Waals surface area contributed by atoms with Crippen molar-refractivity contribution in [3.05, 3.63) is 0 Å². The van der Waals surface area contributed by atoms with Gasteiger partial charge < -0.3 is 25.6 Å². The molecule has 0 aromatic rings. The maximum atomic E-state index is 11.7. The van der Waals surface area contributed by atoms with Gasteiger partial charge in [-0.25, -0.2) is 4.79 Å². The minimum absolute atomic E-state index is 0.0706. The van der Waals surface area contributed by atoms with Gasteiger partial charge in [-0.15, -0.1) is 0 Å². The third-order valence-electron chi connectivity index (χ3n) is 5.49. The molecule has 0 aromatic carbocycles. The van der Waals surface area contributed by atoms with E-state index in [1.54, 1.807) is 0 Å². The quantitative estimate of drug-likeness (QED) is 0.451. The van der Waals surface area contributed by atoms with Crippen LogP contribution in [0.4, 0.5) is 4.79 Å². The second-order valence-corrected chi connectivity index (χ2v) is 7.71. The normalized spacial score (nSPS) is 23.4. The number of carbonyl (C=O) groups is 1. The first kappa shape index (κ1) is 19.3. The van der Waals surface area contributed by atoms with Gasteiger partial charge >= 0.3 is 6.09 Å². The topological polar surface area (TPSA) is 78.0 Å². The molecule has 0 bridgehead atoms. The molecule has 7 heteroatoms. The van der Waals surface area contributed by atoms with E-state index < -0.39 is 0 Å². The van der Waals surface area contributed by atoms with Crippen molar-refractivity contribution in [1.82, 2.24) is 20.9 Å². The summed E-state index contributed by atoms with van der Waals surface area (Å²) >= 11 is 0. The Balaban J connectivity index is 1.48. The summed E-state index contributed by atoms with van der Waals surface area (Å²) in [5, 5.41) is 9.92. The van der Waals surface area contributed by atoms with Crippen molar-refractivity contribution in [3.63, 3.8) is 0 Å². The van der Waals surface area contributed by atoms with Gasteiger partial charge in [0.1, 0.15) is 0 Å². The molecule has 2 saturated carbocycles. The Morgan fingerprint density at radius 1 is 1.15 bits per heavy atom. The van der Waals surface area contributed by atoms with E-state index in [0.717, 1.165) is 31.4 Å². The average Bonchev–Trinajstić information content (AvgIpc) is 3.52. The lowest BCUT2D eigenvalue weighted by Crippen LogP contribution is -2.49. The van der Waals surface area contributed by atoms with E-state index >= 15 is 0 Å². The second-order valence-electron chi connectivity index (χ2n) is 7.71. The molecule has 1 aliphatic heterocycles. The zero-order valence-electron chi connectivity index (χ0n) is 16.3. The zero-order valence-corrected chi connectivity index (χ0v) is 16.3. The van der Waals surface area contributed by atoms with Crippen LogP contribution in [-0.2, 0) is 4.74 Å². The molecule has 1 saturated heterocycles. The van der Waals surface area contributed by atoms with Crippen LogP contribution >= 0.6 is 0 Å². The van der Waals surface area contributed by atoms with E-state index in [-0.39, 0.29) is 12.1 Å². The summed E-state index contributed by atoms with van der Waals surface area (Å²) < 4.78 is 5.03. The SMILES string of the molecule is CCNC(=NCC(NC(=O)OCC)C1CC1)NC1CCN(C2CC2)CC1. The van der Waals surface area contributed by atoms with Crippen molar-refractivity contribution in [2.24, 2.45) is 10.9 Å². The van der Waals surface area contributed by atoms with E-state index in [1.165, 1.54) is 38.8 Å². The smallest absolute Gasteiger partial charge is 0.407 e. The van der Waals surface area contributed by atoms with Crippen molar-refractivity contribution < 1.29 is 9.53 Å². The predicted molar refractivity (Wildman–Crippen MR) is 103 cm³/mol. The van der Waals surface area contributed by atoms with Crippen molar-refractivity contribution in [2.45, 2.75) is 70.5 Å². The number of nitrogens with zero attached hydrogens (tertiary/aromatic N) is 2. The van der Waals surface area contributed by atoms with Gasteiger partial charge in [-0.3, -0.25) is 4.99 Å². The van der Waals surface area contributed by atoms with Crippen LogP contribution in [-0.4, -0.2) is 67.9 Å². The van der Waals surface area contributed by atoms with E-state index in [4.69, 9.17) is 9.73 Å². The first-order chi connectivity index (χ1) is 12.7. The summed E-state index contributed by atoms with van der Waals surface area (Å²) in [5.41, 5.74) is 0. The van der Waals surface area contributed by atoms with Gasteiger partial charge in [0.25, 0.3) is 0 Å². The van der Waals surface area contributed by atoms with Gasteiger partial charge in [0.05, 0.1) is 19.2 Å². The molecule has 148 valence electrons. The van der Waals surface area contributed by atoms with Gasteiger partial charge in [-0.05, 0) is 58.3 Å². The molecule has 1 heterocycles. The maximum Gasteiger partial charge on any atom is 0.407 e. The third kappa shape index (κ3) is 6.04. The summed E-state index contributed by atoms with van der Waals surface area (Å²) in [6.07, 6.45) is 7.12. The number of alkyl carbamates (subject to hydrolysis) is 1. The Morgan fingerprint density at radius 3 is 2.46 bits per heavy atom. The fourth-order valence-corrected chi connectivity index (χ4v) is 3.69.